The second-order valence-corrected chi connectivity index (χ2v) is 4.50. The zero-order chi connectivity index (χ0) is 15.4. The third-order valence-corrected chi connectivity index (χ3v) is 3.00. The molecule has 1 amide bonds. The molecule has 21 heavy (non-hydrogen) atoms. The van der Waals surface area contributed by atoms with E-state index in [0.717, 1.165) is 24.1 Å². The Morgan fingerprint density at radius 1 is 1.10 bits per heavy atom. The van der Waals surface area contributed by atoms with Gasteiger partial charge in [-0.2, -0.15) is 4.57 Å². The maximum absolute atomic E-state index is 13.4. The molecule has 0 spiro atoms. The van der Waals surface area contributed by atoms with Gasteiger partial charge in [0.2, 0.25) is 6.54 Å². The number of anilines is 1. The Bertz CT molecular complexity index is 657. The van der Waals surface area contributed by atoms with Crippen molar-refractivity contribution in [3.63, 3.8) is 0 Å². The van der Waals surface area contributed by atoms with Gasteiger partial charge in [0.1, 0.15) is 0 Å². The predicted molar refractivity (Wildman–Crippen MR) is 71.0 cm³/mol. The lowest BCUT2D eigenvalue weighted by Crippen LogP contribution is -2.39. The van der Waals surface area contributed by atoms with Crippen LogP contribution >= 0.6 is 0 Å². The summed E-state index contributed by atoms with van der Waals surface area (Å²) < 4.78 is 40.9. The van der Waals surface area contributed by atoms with Gasteiger partial charge in [-0.15, -0.1) is 0 Å². The highest BCUT2D eigenvalue weighted by Gasteiger charge is 2.16. The Labute approximate surface area is 120 Å². The number of benzene rings is 1. The highest BCUT2D eigenvalue weighted by Crippen LogP contribution is 2.19. The van der Waals surface area contributed by atoms with Crippen molar-refractivity contribution in [3.05, 3.63) is 59.7 Å². The number of aryl methyl sites for hydroxylation is 1. The Balaban J connectivity index is 2.06. The predicted octanol–water partition coefficient (Wildman–Crippen LogP) is 2.59. The molecule has 0 aliphatic rings. The molecule has 0 fully saturated rings. The summed E-state index contributed by atoms with van der Waals surface area (Å²) in [4.78, 5) is 11.8. The maximum atomic E-state index is 13.4. The van der Waals surface area contributed by atoms with Gasteiger partial charge in [-0.25, -0.2) is 13.2 Å². The summed E-state index contributed by atoms with van der Waals surface area (Å²) >= 11 is 0. The molecule has 0 radical (unpaired) electrons. The highest BCUT2D eigenvalue weighted by atomic mass is 19.2. The zero-order valence-corrected chi connectivity index (χ0v) is 11.4. The Morgan fingerprint density at radius 2 is 1.76 bits per heavy atom. The van der Waals surface area contributed by atoms with E-state index in [1.54, 1.807) is 17.0 Å². The molecule has 2 rings (SSSR count). The van der Waals surface area contributed by atoms with Crippen molar-refractivity contribution in [2.24, 2.45) is 0 Å². The van der Waals surface area contributed by atoms with Gasteiger partial charge >= 0.3 is 0 Å². The molecule has 0 bridgehead atoms. The molecule has 0 aliphatic heterocycles. The minimum atomic E-state index is -1.60. The van der Waals surface area contributed by atoms with Crippen LogP contribution in [0.4, 0.5) is 18.9 Å². The molecular weight excluding hydrogens is 281 g/mol. The molecule has 110 valence electrons. The van der Waals surface area contributed by atoms with Crippen LogP contribution in [0.2, 0.25) is 0 Å². The Morgan fingerprint density at radius 3 is 2.38 bits per heavy atom. The first kappa shape index (κ1) is 15.0. The van der Waals surface area contributed by atoms with E-state index in [4.69, 9.17) is 0 Å². The average Bonchev–Trinajstić information content (AvgIpc) is 2.49. The topological polar surface area (TPSA) is 33.0 Å². The number of hydrogen-bond acceptors (Lipinski definition) is 1. The molecule has 1 aromatic heterocycles. The zero-order valence-electron chi connectivity index (χ0n) is 11.4. The summed E-state index contributed by atoms with van der Waals surface area (Å²) in [7, 11) is 0. The number of rotatable bonds is 4. The van der Waals surface area contributed by atoms with Gasteiger partial charge in [-0.1, -0.05) is 6.92 Å². The van der Waals surface area contributed by atoms with Gasteiger partial charge in [0.05, 0.1) is 5.69 Å². The minimum absolute atomic E-state index is 0.0531. The third kappa shape index (κ3) is 3.59. The SMILES string of the molecule is CCc1cc[n+](CC(=O)Nc2ccc(F)c(F)c2F)cc1. The summed E-state index contributed by atoms with van der Waals surface area (Å²) in [5.41, 5.74) is 0.739. The number of halogens is 3. The van der Waals surface area contributed by atoms with Gasteiger partial charge in [-0.05, 0) is 24.1 Å². The van der Waals surface area contributed by atoms with Crippen molar-refractivity contribution in [2.75, 3.05) is 5.32 Å². The number of nitrogens with one attached hydrogen (secondary N) is 1. The quantitative estimate of drug-likeness (QED) is 0.682. The van der Waals surface area contributed by atoms with E-state index >= 15 is 0 Å². The second kappa shape index (κ2) is 6.39. The number of nitrogens with zero attached hydrogens (tertiary/aromatic N) is 1. The van der Waals surface area contributed by atoms with Crippen LogP contribution in [-0.4, -0.2) is 5.91 Å². The smallest absolute Gasteiger partial charge is 0.290 e. The first-order chi connectivity index (χ1) is 10.0. The normalized spacial score (nSPS) is 10.5. The number of carbonyl (C=O) groups is 1. The van der Waals surface area contributed by atoms with Gasteiger partial charge in [0.25, 0.3) is 5.91 Å². The van der Waals surface area contributed by atoms with E-state index in [9.17, 15) is 18.0 Å². The molecule has 2 aromatic rings. The lowest BCUT2D eigenvalue weighted by Gasteiger charge is -2.05. The van der Waals surface area contributed by atoms with Crippen LogP contribution in [0.15, 0.2) is 36.7 Å². The van der Waals surface area contributed by atoms with Crippen LogP contribution in [0, 0.1) is 17.5 Å². The van der Waals surface area contributed by atoms with Crippen molar-refractivity contribution in [1.82, 2.24) is 0 Å². The van der Waals surface area contributed by atoms with Crippen molar-refractivity contribution in [3.8, 4) is 0 Å². The standard InChI is InChI=1S/C15H13F3N2O/c1-2-10-5-7-20(8-6-10)9-13(21)19-12-4-3-11(16)14(17)15(12)18/h3-8H,2,9H2,1H3/p+1. The van der Waals surface area contributed by atoms with E-state index in [1.165, 1.54) is 0 Å². The molecule has 0 atom stereocenters. The van der Waals surface area contributed by atoms with Crippen molar-refractivity contribution < 1.29 is 22.5 Å². The first-order valence-electron chi connectivity index (χ1n) is 6.42. The molecule has 1 heterocycles. The lowest BCUT2D eigenvalue weighted by atomic mass is 10.2. The first-order valence-corrected chi connectivity index (χ1v) is 6.42. The summed E-state index contributed by atoms with van der Waals surface area (Å²) in [5, 5.41) is 2.21. The lowest BCUT2D eigenvalue weighted by molar-refractivity contribution is -0.684. The fraction of sp³-hybridized carbons (Fsp3) is 0.200. The number of amides is 1. The van der Waals surface area contributed by atoms with Crippen LogP contribution in [0.1, 0.15) is 12.5 Å². The monoisotopic (exact) mass is 295 g/mol. The highest BCUT2D eigenvalue weighted by molar-refractivity contribution is 5.89. The largest absolute Gasteiger partial charge is 0.318 e. The minimum Gasteiger partial charge on any atom is -0.318 e. The Kier molecular flexibility index (Phi) is 4.57. The third-order valence-electron chi connectivity index (χ3n) is 3.00. The van der Waals surface area contributed by atoms with E-state index < -0.39 is 23.4 Å². The molecule has 1 N–H and O–H groups in total. The van der Waals surface area contributed by atoms with Gasteiger partial charge in [-0.3, -0.25) is 4.79 Å². The van der Waals surface area contributed by atoms with Gasteiger partial charge in [0.15, 0.2) is 29.8 Å². The van der Waals surface area contributed by atoms with Crippen LogP contribution in [-0.2, 0) is 17.8 Å². The number of carbonyl (C=O) groups excluding carboxylic acids is 1. The molecule has 3 nitrogen and oxygen atoms in total. The van der Waals surface area contributed by atoms with E-state index in [0.29, 0.717) is 0 Å². The summed E-state index contributed by atoms with van der Waals surface area (Å²) in [6, 6.07) is 5.48. The summed E-state index contributed by atoms with van der Waals surface area (Å²) in [6.45, 7) is 1.96. The summed E-state index contributed by atoms with van der Waals surface area (Å²) in [6.07, 6.45) is 4.33. The Hall–Kier alpha value is -2.37. The van der Waals surface area contributed by atoms with Gasteiger partial charge in [0, 0.05) is 12.1 Å². The second-order valence-electron chi connectivity index (χ2n) is 4.50. The number of pyridine rings is 1. The molecule has 0 saturated heterocycles. The van der Waals surface area contributed by atoms with Gasteiger partial charge < -0.3 is 5.32 Å². The van der Waals surface area contributed by atoms with E-state index in [-0.39, 0.29) is 12.2 Å². The molecule has 0 aliphatic carbocycles. The number of hydrogen-bond donors (Lipinski definition) is 1. The average molecular weight is 295 g/mol. The molecular formula is C15H14F3N2O+. The summed E-state index contributed by atoms with van der Waals surface area (Å²) in [5.74, 6) is -4.84. The fourth-order valence-corrected chi connectivity index (χ4v) is 1.81. The fourth-order valence-electron chi connectivity index (χ4n) is 1.81. The van der Waals surface area contributed by atoms with Crippen molar-refractivity contribution in [2.45, 2.75) is 19.9 Å². The molecule has 0 unspecified atom stereocenters. The van der Waals surface area contributed by atoms with Crippen LogP contribution in [0.25, 0.3) is 0 Å². The molecule has 1 aromatic carbocycles. The van der Waals surface area contributed by atoms with E-state index in [1.807, 2.05) is 19.1 Å². The van der Waals surface area contributed by atoms with Crippen LogP contribution in [0.5, 0.6) is 0 Å². The van der Waals surface area contributed by atoms with E-state index in [2.05, 4.69) is 5.32 Å². The van der Waals surface area contributed by atoms with Crippen LogP contribution in [0.3, 0.4) is 0 Å². The van der Waals surface area contributed by atoms with Crippen molar-refractivity contribution >= 4 is 11.6 Å². The number of aromatic nitrogens is 1. The molecule has 6 heteroatoms. The van der Waals surface area contributed by atoms with Crippen LogP contribution < -0.4 is 9.88 Å². The van der Waals surface area contributed by atoms with Crippen molar-refractivity contribution in [1.29, 1.82) is 0 Å². The maximum Gasteiger partial charge on any atom is 0.290 e. The molecule has 0 saturated carbocycles.